The third-order valence-corrected chi connectivity index (χ3v) is 6.08. The first-order valence-corrected chi connectivity index (χ1v) is 10.6. The summed E-state index contributed by atoms with van der Waals surface area (Å²) in [5.41, 5.74) is 7.28. The third-order valence-electron chi connectivity index (χ3n) is 6.08. The van der Waals surface area contributed by atoms with E-state index in [1.807, 2.05) is 30.3 Å². The summed E-state index contributed by atoms with van der Waals surface area (Å²) in [7, 11) is 0. The van der Waals surface area contributed by atoms with Crippen molar-refractivity contribution >= 4 is 17.8 Å². The monoisotopic (exact) mass is 401 g/mol. The molecule has 0 bridgehead atoms. The topological polar surface area (TPSA) is 113 Å². The number of carboxylic acid groups (broad SMARTS) is 1. The minimum atomic E-state index is -0.755. The van der Waals surface area contributed by atoms with Gasteiger partial charge in [-0.25, -0.2) is 0 Å². The second-order valence-corrected chi connectivity index (χ2v) is 8.29. The molecule has 29 heavy (non-hydrogen) atoms. The van der Waals surface area contributed by atoms with Crippen LogP contribution < -0.4 is 11.1 Å². The number of carbonyl (C=O) groups is 3. The van der Waals surface area contributed by atoms with Crippen molar-refractivity contribution in [3.63, 3.8) is 0 Å². The fourth-order valence-corrected chi connectivity index (χ4v) is 4.45. The van der Waals surface area contributed by atoms with Crippen LogP contribution in [0.5, 0.6) is 0 Å². The van der Waals surface area contributed by atoms with Gasteiger partial charge in [0.15, 0.2) is 0 Å². The van der Waals surface area contributed by atoms with Crippen LogP contribution >= 0.6 is 0 Å². The fourth-order valence-electron chi connectivity index (χ4n) is 4.45. The lowest BCUT2D eigenvalue weighted by Gasteiger charge is -2.30. The molecule has 2 fully saturated rings. The highest BCUT2D eigenvalue weighted by Gasteiger charge is 2.36. The van der Waals surface area contributed by atoms with Gasteiger partial charge in [0.25, 0.3) is 0 Å². The zero-order valence-corrected chi connectivity index (χ0v) is 16.8. The van der Waals surface area contributed by atoms with Crippen LogP contribution in [0, 0.1) is 5.92 Å². The minimum Gasteiger partial charge on any atom is -0.481 e. The Balaban J connectivity index is 1.49. The van der Waals surface area contributed by atoms with E-state index in [4.69, 9.17) is 10.8 Å². The van der Waals surface area contributed by atoms with E-state index in [-0.39, 0.29) is 36.2 Å². The number of aliphatic carboxylic acids is 1. The van der Waals surface area contributed by atoms with Crippen LogP contribution in [0.2, 0.25) is 0 Å². The first kappa shape index (κ1) is 21.3. The fraction of sp³-hybridized carbons (Fsp3) is 0.591. The molecule has 1 aliphatic heterocycles. The van der Waals surface area contributed by atoms with Gasteiger partial charge in [-0.05, 0) is 50.5 Å². The number of hydrogen-bond donors (Lipinski definition) is 3. The van der Waals surface area contributed by atoms with Crippen LogP contribution in [0.3, 0.4) is 0 Å². The zero-order chi connectivity index (χ0) is 20.8. The Kier molecular flexibility index (Phi) is 7.25. The number of likely N-dealkylation sites (tertiary alicyclic amines) is 1. The first-order chi connectivity index (χ1) is 13.9. The van der Waals surface area contributed by atoms with E-state index in [1.165, 1.54) is 0 Å². The summed E-state index contributed by atoms with van der Waals surface area (Å²) in [6, 6.07) is 9.12. The van der Waals surface area contributed by atoms with E-state index >= 15 is 0 Å². The van der Waals surface area contributed by atoms with Gasteiger partial charge < -0.3 is 21.1 Å². The molecule has 2 atom stereocenters. The Labute approximate surface area is 171 Å². The van der Waals surface area contributed by atoms with Gasteiger partial charge in [-0.3, -0.25) is 14.4 Å². The molecular weight excluding hydrogens is 370 g/mol. The average molecular weight is 402 g/mol. The summed E-state index contributed by atoms with van der Waals surface area (Å²) in [5, 5.41) is 12.1. The maximum Gasteiger partial charge on any atom is 0.306 e. The summed E-state index contributed by atoms with van der Waals surface area (Å²) in [5.74, 6) is -1.25. The highest BCUT2D eigenvalue weighted by Crippen LogP contribution is 2.25. The number of nitrogens with zero attached hydrogens (tertiary/aromatic N) is 1. The van der Waals surface area contributed by atoms with Crippen molar-refractivity contribution in [1.82, 2.24) is 10.2 Å². The Morgan fingerprint density at radius 3 is 2.45 bits per heavy atom. The zero-order valence-electron chi connectivity index (χ0n) is 16.8. The molecule has 7 heteroatoms. The van der Waals surface area contributed by atoms with Gasteiger partial charge in [0.05, 0.1) is 5.92 Å². The highest BCUT2D eigenvalue weighted by molar-refractivity contribution is 5.88. The van der Waals surface area contributed by atoms with E-state index in [9.17, 15) is 14.4 Å². The lowest BCUT2D eigenvalue weighted by atomic mass is 9.86. The van der Waals surface area contributed by atoms with Gasteiger partial charge in [0.1, 0.15) is 6.04 Å². The molecule has 0 radical (unpaired) electrons. The van der Waals surface area contributed by atoms with Crippen LogP contribution in [0.4, 0.5) is 0 Å². The largest absolute Gasteiger partial charge is 0.481 e. The molecule has 1 saturated carbocycles. The van der Waals surface area contributed by atoms with Crippen LogP contribution in [-0.4, -0.2) is 52.5 Å². The number of hydrogen-bond acceptors (Lipinski definition) is 4. The molecule has 1 saturated heterocycles. The predicted octanol–water partition coefficient (Wildman–Crippen LogP) is 1.70. The van der Waals surface area contributed by atoms with Gasteiger partial charge in [0, 0.05) is 25.0 Å². The van der Waals surface area contributed by atoms with Crippen LogP contribution in [0.15, 0.2) is 30.3 Å². The van der Waals surface area contributed by atoms with Crippen LogP contribution in [0.1, 0.15) is 50.5 Å². The van der Waals surface area contributed by atoms with Gasteiger partial charge >= 0.3 is 5.97 Å². The van der Waals surface area contributed by atoms with Gasteiger partial charge in [-0.15, -0.1) is 0 Å². The Morgan fingerprint density at radius 2 is 1.79 bits per heavy atom. The first-order valence-electron chi connectivity index (χ1n) is 10.6. The number of nitrogens with two attached hydrogens (primary N) is 1. The maximum atomic E-state index is 12.8. The van der Waals surface area contributed by atoms with Gasteiger partial charge in [-0.2, -0.15) is 0 Å². The number of nitrogens with one attached hydrogen (secondary N) is 1. The molecule has 2 amide bonds. The number of carboxylic acids is 1. The van der Waals surface area contributed by atoms with Gasteiger partial charge in [-0.1, -0.05) is 30.3 Å². The van der Waals surface area contributed by atoms with E-state index in [0.29, 0.717) is 45.1 Å². The Bertz CT molecular complexity index is 716. The smallest absolute Gasteiger partial charge is 0.306 e. The molecule has 1 heterocycles. The summed E-state index contributed by atoms with van der Waals surface area (Å²) in [4.78, 5) is 38.3. The molecule has 158 valence electrons. The molecular formula is C22H31N3O4. The summed E-state index contributed by atoms with van der Waals surface area (Å²) < 4.78 is 0. The van der Waals surface area contributed by atoms with Crippen LogP contribution in [0.25, 0.3) is 0 Å². The minimum absolute atomic E-state index is 0.00371. The van der Waals surface area contributed by atoms with Crippen molar-refractivity contribution in [1.29, 1.82) is 0 Å². The van der Waals surface area contributed by atoms with Crippen molar-refractivity contribution in [2.75, 3.05) is 6.54 Å². The molecule has 1 aliphatic carbocycles. The van der Waals surface area contributed by atoms with Crippen molar-refractivity contribution < 1.29 is 19.5 Å². The van der Waals surface area contributed by atoms with E-state index in [1.54, 1.807) is 4.90 Å². The molecule has 0 spiro atoms. The molecule has 7 nitrogen and oxygen atoms in total. The lowest BCUT2D eigenvalue weighted by Crippen LogP contribution is -2.50. The van der Waals surface area contributed by atoms with Crippen molar-refractivity contribution in [2.45, 2.75) is 69.5 Å². The highest BCUT2D eigenvalue weighted by atomic mass is 16.4. The van der Waals surface area contributed by atoms with Crippen molar-refractivity contribution in [2.24, 2.45) is 11.7 Å². The Hall–Kier alpha value is -2.41. The molecule has 4 N–H and O–H groups in total. The quantitative estimate of drug-likeness (QED) is 0.644. The second-order valence-electron chi connectivity index (χ2n) is 8.29. The normalized spacial score (nSPS) is 25.4. The average Bonchev–Trinajstić information content (AvgIpc) is 3.19. The second kappa shape index (κ2) is 9.87. The summed E-state index contributed by atoms with van der Waals surface area (Å²) in [6.07, 6.45) is 4.84. The molecule has 1 aromatic carbocycles. The summed E-state index contributed by atoms with van der Waals surface area (Å²) >= 11 is 0. The number of benzene rings is 1. The summed E-state index contributed by atoms with van der Waals surface area (Å²) in [6.45, 7) is 0.584. The molecule has 3 rings (SSSR count). The molecule has 2 aliphatic rings. The standard InChI is InChI=1S/C22H31N3O4/c23-17(13-15-5-2-1-3-6-15)14-20(26)25-12-4-7-19(25)21(27)24-18-10-8-16(9-11-18)22(28)29/h1-3,5-6,16-19H,4,7-14,23H2,(H,24,27)(H,28,29)/t16?,17-,18?,19+/m1/s1. The Morgan fingerprint density at radius 1 is 1.10 bits per heavy atom. The van der Waals surface area contributed by atoms with Crippen molar-refractivity contribution in [3.8, 4) is 0 Å². The van der Waals surface area contributed by atoms with E-state index in [0.717, 1.165) is 12.0 Å². The maximum absolute atomic E-state index is 12.8. The predicted molar refractivity (Wildman–Crippen MR) is 109 cm³/mol. The van der Waals surface area contributed by atoms with Gasteiger partial charge in [0.2, 0.25) is 11.8 Å². The molecule has 1 aromatic rings. The van der Waals surface area contributed by atoms with Crippen LogP contribution in [-0.2, 0) is 20.8 Å². The number of amides is 2. The SMILES string of the molecule is N[C@@H](CC(=O)N1CCC[C@H]1C(=O)NC1CCC(C(=O)O)CC1)Cc1ccccc1. The number of carbonyl (C=O) groups excluding carboxylic acids is 2. The van der Waals surface area contributed by atoms with E-state index in [2.05, 4.69) is 5.32 Å². The molecule has 0 aromatic heterocycles. The van der Waals surface area contributed by atoms with E-state index < -0.39 is 12.0 Å². The molecule has 0 unspecified atom stereocenters. The lowest BCUT2D eigenvalue weighted by molar-refractivity contribution is -0.143. The third kappa shape index (κ3) is 5.79. The van der Waals surface area contributed by atoms with Crippen molar-refractivity contribution in [3.05, 3.63) is 35.9 Å². The number of rotatable bonds is 7.